The van der Waals surface area contributed by atoms with Crippen LogP contribution in [0.1, 0.15) is 64.5 Å². The highest BCUT2D eigenvalue weighted by Crippen LogP contribution is 2.39. The number of ether oxygens (including phenoxy) is 1. The monoisotopic (exact) mass is 333 g/mol. The fourth-order valence-electron chi connectivity index (χ4n) is 3.27. The Morgan fingerprint density at radius 2 is 1.83 bits per heavy atom. The highest BCUT2D eigenvalue weighted by molar-refractivity contribution is 5.67. The minimum Gasteiger partial charge on any atom is -0.444 e. The zero-order chi connectivity index (χ0) is 17.6. The quantitative estimate of drug-likeness (QED) is 0.775. The van der Waals surface area contributed by atoms with E-state index >= 15 is 0 Å². The molecule has 24 heavy (non-hydrogen) atoms. The van der Waals surface area contributed by atoms with Crippen LogP contribution in [0.4, 0.5) is 4.79 Å². The van der Waals surface area contributed by atoms with Crippen LogP contribution in [0.3, 0.4) is 0 Å². The van der Waals surface area contributed by atoms with Gasteiger partial charge >= 0.3 is 6.09 Å². The van der Waals surface area contributed by atoms with Gasteiger partial charge < -0.3 is 15.2 Å². The van der Waals surface area contributed by atoms with Gasteiger partial charge in [-0.25, -0.2) is 4.79 Å². The molecule has 4 heteroatoms. The average molecular weight is 333 g/mol. The highest BCUT2D eigenvalue weighted by Gasteiger charge is 2.29. The number of hydrogen-bond acceptors (Lipinski definition) is 3. The van der Waals surface area contributed by atoms with E-state index in [-0.39, 0.29) is 12.2 Å². The number of hydrogen-bond donors (Lipinski definition) is 2. The predicted molar refractivity (Wildman–Crippen MR) is 95.7 cm³/mol. The van der Waals surface area contributed by atoms with E-state index < -0.39 is 5.60 Å². The Bertz CT molecular complexity index is 503. The van der Waals surface area contributed by atoms with Crippen LogP contribution in [0, 0.1) is 11.8 Å². The lowest BCUT2D eigenvalue weighted by molar-refractivity contribution is 0.0516. The fourth-order valence-corrected chi connectivity index (χ4v) is 3.27. The third kappa shape index (κ3) is 6.52. The number of aliphatic hydroxyl groups excluding tert-OH is 1. The summed E-state index contributed by atoms with van der Waals surface area (Å²) < 4.78 is 5.22. The molecule has 1 fully saturated rings. The molecule has 0 saturated heterocycles. The minimum absolute atomic E-state index is 0.329. The molecule has 0 heterocycles. The lowest BCUT2D eigenvalue weighted by Gasteiger charge is -2.36. The van der Waals surface area contributed by atoms with E-state index in [0.717, 1.165) is 30.7 Å². The zero-order valence-corrected chi connectivity index (χ0v) is 15.1. The number of aliphatic hydroxyl groups is 1. The molecule has 0 aliphatic heterocycles. The molecule has 1 aliphatic rings. The van der Waals surface area contributed by atoms with Crippen LogP contribution in [0.2, 0.25) is 0 Å². The maximum Gasteiger partial charge on any atom is 0.407 e. The zero-order valence-electron chi connectivity index (χ0n) is 15.1. The molecule has 0 aromatic heterocycles. The standard InChI is InChI=1S/C20H31NO3/c1-20(2,3)24-19(23)21-12-11-16-13-15(14-16)9-10-18(22)17-7-5-4-6-8-17/h4-8,15-16,18,22H,9-14H2,1-3H3,(H,21,23). The third-order valence-electron chi connectivity index (χ3n) is 4.59. The van der Waals surface area contributed by atoms with Gasteiger partial charge in [0, 0.05) is 6.54 Å². The summed E-state index contributed by atoms with van der Waals surface area (Å²) in [7, 11) is 0. The van der Waals surface area contributed by atoms with Gasteiger partial charge in [-0.2, -0.15) is 0 Å². The number of rotatable bonds is 7. The van der Waals surface area contributed by atoms with E-state index in [1.165, 1.54) is 12.8 Å². The smallest absolute Gasteiger partial charge is 0.407 e. The van der Waals surface area contributed by atoms with Crippen LogP contribution < -0.4 is 5.32 Å². The van der Waals surface area contributed by atoms with Crippen LogP contribution >= 0.6 is 0 Å². The van der Waals surface area contributed by atoms with Crippen LogP contribution in [0.5, 0.6) is 0 Å². The first-order valence-corrected chi connectivity index (χ1v) is 9.03. The van der Waals surface area contributed by atoms with Crippen LogP contribution in [-0.2, 0) is 4.74 Å². The first-order chi connectivity index (χ1) is 11.3. The molecular weight excluding hydrogens is 302 g/mol. The fraction of sp³-hybridized carbons (Fsp3) is 0.650. The Kier molecular flexibility index (Phi) is 6.67. The Balaban J connectivity index is 1.53. The first-order valence-electron chi connectivity index (χ1n) is 9.03. The van der Waals surface area contributed by atoms with Crippen molar-refractivity contribution in [1.29, 1.82) is 0 Å². The van der Waals surface area contributed by atoms with Crippen molar-refractivity contribution in [2.45, 2.75) is 64.6 Å². The number of amides is 1. The number of carbonyl (C=O) groups is 1. The molecule has 1 aromatic carbocycles. The van der Waals surface area contributed by atoms with Crippen LogP contribution in [0.25, 0.3) is 0 Å². The first kappa shape index (κ1) is 18.8. The van der Waals surface area contributed by atoms with Crippen molar-refractivity contribution in [2.24, 2.45) is 11.8 Å². The molecule has 1 aliphatic carbocycles. The van der Waals surface area contributed by atoms with Gasteiger partial charge in [0.1, 0.15) is 5.60 Å². The summed E-state index contributed by atoms with van der Waals surface area (Å²) in [6, 6.07) is 9.87. The molecule has 0 spiro atoms. The van der Waals surface area contributed by atoms with Crippen LogP contribution in [0.15, 0.2) is 30.3 Å². The second-order valence-corrected chi connectivity index (χ2v) is 7.92. The van der Waals surface area contributed by atoms with Gasteiger partial charge in [-0.05, 0) is 70.3 Å². The lowest BCUT2D eigenvalue weighted by Crippen LogP contribution is -2.35. The van der Waals surface area contributed by atoms with E-state index in [1.807, 2.05) is 51.1 Å². The molecule has 0 radical (unpaired) electrons. The third-order valence-corrected chi connectivity index (χ3v) is 4.59. The summed E-state index contributed by atoms with van der Waals surface area (Å²) >= 11 is 0. The SMILES string of the molecule is CC(C)(C)OC(=O)NCCC1CC(CCC(O)c2ccccc2)C1. The van der Waals surface area contributed by atoms with E-state index in [1.54, 1.807) is 0 Å². The summed E-state index contributed by atoms with van der Waals surface area (Å²) in [5.41, 5.74) is 0.570. The molecule has 134 valence electrons. The molecule has 1 saturated carbocycles. The maximum absolute atomic E-state index is 11.6. The van der Waals surface area contributed by atoms with Gasteiger partial charge in [-0.15, -0.1) is 0 Å². The van der Waals surface area contributed by atoms with Crippen molar-refractivity contribution >= 4 is 6.09 Å². The Hall–Kier alpha value is -1.55. The average Bonchev–Trinajstić information content (AvgIpc) is 2.47. The van der Waals surface area contributed by atoms with Crippen LogP contribution in [-0.4, -0.2) is 23.3 Å². The Morgan fingerprint density at radius 3 is 2.46 bits per heavy atom. The largest absolute Gasteiger partial charge is 0.444 e. The molecule has 1 aromatic rings. The number of alkyl carbamates (subject to hydrolysis) is 1. The lowest BCUT2D eigenvalue weighted by atomic mass is 9.71. The topological polar surface area (TPSA) is 58.6 Å². The van der Waals surface area contributed by atoms with Crippen molar-refractivity contribution in [2.75, 3.05) is 6.54 Å². The number of benzene rings is 1. The normalized spacial score (nSPS) is 21.7. The molecule has 1 amide bonds. The van der Waals surface area contributed by atoms with Crippen molar-refractivity contribution in [3.05, 3.63) is 35.9 Å². The molecule has 0 bridgehead atoms. The van der Waals surface area contributed by atoms with Gasteiger partial charge in [-0.3, -0.25) is 0 Å². The Morgan fingerprint density at radius 1 is 1.21 bits per heavy atom. The van der Waals surface area contributed by atoms with Crippen molar-refractivity contribution in [3.63, 3.8) is 0 Å². The maximum atomic E-state index is 11.6. The van der Waals surface area contributed by atoms with Crippen molar-refractivity contribution in [3.8, 4) is 0 Å². The molecule has 2 N–H and O–H groups in total. The summed E-state index contributed by atoms with van der Waals surface area (Å²) in [5.74, 6) is 1.41. The van der Waals surface area contributed by atoms with Crippen molar-refractivity contribution in [1.82, 2.24) is 5.32 Å². The highest BCUT2D eigenvalue weighted by atomic mass is 16.6. The van der Waals surface area contributed by atoms with Gasteiger partial charge in [-0.1, -0.05) is 30.3 Å². The second kappa shape index (κ2) is 8.52. The van der Waals surface area contributed by atoms with Gasteiger partial charge in [0.05, 0.1) is 6.10 Å². The second-order valence-electron chi connectivity index (χ2n) is 7.92. The molecule has 1 unspecified atom stereocenters. The van der Waals surface area contributed by atoms with Gasteiger partial charge in [0.15, 0.2) is 0 Å². The number of carbonyl (C=O) groups excluding carboxylic acids is 1. The van der Waals surface area contributed by atoms with E-state index in [2.05, 4.69) is 5.32 Å². The summed E-state index contributed by atoms with van der Waals surface area (Å²) in [6.07, 6.45) is 4.65. The molecule has 2 rings (SSSR count). The predicted octanol–water partition coefficient (Wildman–Crippen LogP) is 4.44. The Labute approximate surface area is 145 Å². The van der Waals surface area contributed by atoms with E-state index in [4.69, 9.17) is 4.74 Å². The van der Waals surface area contributed by atoms with Crippen molar-refractivity contribution < 1.29 is 14.6 Å². The minimum atomic E-state index is -0.439. The van der Waals surface area contributed by atoms with Gasteiger partial charge in [0.25, 0.3) is 0 Å². The molecular formula is C20H31NO3. The summed E-state index contributed by atoms with van der Waals surface area (Å²) in [5, 5.41) is 13.0. The summed E-state index contributed by atoms with van der Waals surface area (Å²) in [4.78, 5) is 11.6. The molecule has 4 nitrogen and oxygen atoms in total. The van der Waals surface area contributed by atoms with E-state index in [0.29, 0.717) is 12.5 Å². The van der Waals surface area contributed by atoms with Gasteiger partial charge in [0.2, 0.25) is 0 Å². The number of nitrogens with one attached hydrogen (secondary N) is 1. The summed E-state index contributed by atoms with van der Waals surface area (Å²) in [6.45, 7) is 6.28. The van der Waals surface area contributed by atoms with E-state index in [9.17, 15) is 9.90 Å². The molecule has 1 atom stereocenters.